The quantitative estimate of drug-likeness (QED) is 0.160. The lowest BCUT2D eigenvalue weighted by molar-refractivity contribution is 0.0171. The van der Waals surface area contributed by atoms with Gasteiger partial charge in [-0.1, -0.05) is 0 Å². The second-order valence-corrected chi connectivity index (χ2v) is 7.64. The number of hydrogen-bond donors (Lipinski definition) is 3. The van der Waals surface area contributed by atoms with Gasteiger partial charge in [0.2, 0.25) is 10.0 Å². The lowest BCUT2D eigenvalue weighted by Gasteiger charge is -2.12. The van der Waals surface area contributed by atoms with Crippen molar-refractivity contribution in [3.63, 3.8) is 0 Å². The number of nitrogens with zero attached hydrogens (tertiary/aromatic N) is 1. The van der Waals surface area contributed by atoms with E-state index in [9.17, 15) is 8.42 Å². The standard InChI is InChI=1S/C15H32N4O4S.HI/c1-3-16-15(18-9-10-19-24(20,21)4-2)17-8-6-11-22-13-14-7-5-12-23-14;/h14,19H,3-13H2,1-2H3,(H2,16,17,18);1H. The minimum absolute atomic E-state index is 0. The molecule has 1 atom stereocenters. The summed E-state index contributed by atoms with van der Waals surface area (Å²) in [6.45, 7) is 8.02. The van der Waals surface area contributed by atoms with Crippen LogP contribution < -0.4 is 15.4 Å². The van der Waals surface area contributed by atoms with Crippen molar-refractivity contribution in [3.05, 3.63) is 0 Å². The predicted molar refractivity (Wildman–Crippen MR) is 111 cm³/mol. The predicted octanol–water partition coefficient (Wildman–Crippen LogP) is 0.685. The van der Waals surface area contributed by atoms with Crippen LogP contribution in [0.15, 0.2) is 4.99 Å². The van der Waals surface area contributed by atoms with Crippen LogP contribution in [0.5, 0.6) is 0 Å². The lowest BCUT2D eigenvalue weighted by Crippen LogP contribution is -2.41. The monoisotopic (exact) mass is 492 g/mol. The number of halogens is 1. The second kappa shape index (κ2) is 14.9. The van der Waals surface area contributed by atoms with Gasteiger partial charge in [-0.3, -0.25) is 4.99 Å². The van der Waals surface area contributed by atoms with Crippen LogP contribution in [-0.2, 0) is 19.5 Å². The molecule has 1 unspecified atom stereocenters. The minimum Gasteiger partial charge on any atom is -0.379 e. The van der Waals surface area contributed by atoms with E-state index in [2.05, 4.69) is 20.3 Å². The van der Waals surface area contributed by atoms with Crippen molar-refractivity contribution in [2.45, 2.75) is 39.2 Å². The molecule has 1 saturated heterocycles. The van der Waals surface area contributed by atoms with E-state index in [0.29, 0.717) is 38.8 Å². The fourth-order valence-corrected chi connectivity index (χ4v) is 2.80. The van der Waals surface area contributed by atoms with E-state index < -0.39 is 10.0 Å². The van der Waals surface area contributed by atoms with Gasteiger partial charge in [-0.25, -0.2) is 13.1 Å². The van der Waals surface area contributed by atoms with Crippen LogP contribution in [0.3, 0.4) is 0 Å². The molecule has 10 heteroatoms. The topological polar surface area (TPSA) is 101 Å². The Bertz CT molecular complexity index is 456. The molecule has 0 aromatic rings. The van der Waals surface area contributed by atoms with Gasteiger partial charge in [0, 0.05) is 39.4 Å². The van der Waals surface area contributed by atoms with Crippen LogP contribution in [0.1, 0.15) is 33.1 Å². The first kappa shape index (κ1) is 24.8. The van der Waals surface area contributed by atoms with Gasteiger partial charge < -0.3 is 20.1 Å². The number of guanidine groups is 1. The van der Waals surface area contributed by atoms with Crippen LogP contribution in [0, 0.1) is 0 Å². The van der Waals surface area contributed by atoms with Crippen molar-refractivity contribution < 1.29 is 17.9 Å². The molecule has 0 aliphatic carbocycles. The largest absolute Gasteiger partial charge is 0.379 e. The zero-order chi connectivity index (χ0) is 17.7. The van der Waals surface area contributed by atoms with Gasteiger partial charge >= 0.3 is 0 Å². The highest BCUT2D eigenvalue weighted by molar-refractivity contribution is 14.0. The number of hydrogen-bond acceptors (Lipinski definition) is 5. The van der Waals surface area contributed by atoms with Crippen LogP contribution in [-0.4, -0.2) is 72.2 Å². The van der Waals surface area contributed by atoms with E-state index >= 15 is 0 Å². The molecule has 1 fully saturated rings. The summed E-state index contributed by atoms with van der Waals surface area (Å²) in [5.41, 5.74) is 0. The Balaban J connectivity index is 0.00000576. The number of rotatable bonds is 12. The maximum absolute atomic E-state index is 11.3. The molecule has 1 aliphatic rings. The van der Waals surface area contributed by atoms with E-state index in [4.69, 9.17) is 9.47 Å². The van der Waals surface area contributed by atoms with Crippen molar-refractivity contribution in [2.24, 2.45) is 4.99 Å². The van der Waals surface area contributed by atoms with Gasteiger partial charge in [0.25, 0.3) is 0 Å². The van der Waals surface area contributed by atoms with Gasteiger partial charge in [-0.15, -0.1) is 24.0 Å². The molecule has 1 aliphatic heterocycles. The molecule has 1 heterocycles. The average Bonchev–Trinajstić information content (AvgIpc) is 3.08. The van der Waals surface area contributed by atoms with Gasteiger partial charge in [0.15, 0.2) is 5.96 Å². The molecule has 8 nitrogen and oxygen atoms in total. The Kier molecular flexibility index (Phi) is 14.8. The van der Waals surface area contributed by atoms with Crippen LogP contribution in [0.25, 0.3) is 0 Å². The molecule has 0 aromatic carbocycles. The summed E-state index contributed by atoms with van der Waals surface area (Å²) < 4.78 is 36.3. The van der Waals surface area contributed by atoms with Crippen LogP contribution in [0.4, 0.5) is 0 Å². The molecule has 0 radical (unpaired) electrons. The second-order valence-electron chi connectivity index (χ2n) is 5.55. The molecular weight excluding hydrogens is 459 g/mol. The van der Waals surface area contributed by atoms with Crippen molar-refractivity contribution in [3.8, 4) is 0 Å². The normalized spacial score (nSPS) is 18.0. The number of nitrogens with one attached hydrogen (secondary N) is 3. The van der Waals surface area contributed by atoms with E-state index in [1.165, 1.54) is 0 Å². The van der Waals surface area contributed by atoms with Gasteiger partial charge in [-0.2, -0.15) is 0 Å². The average molecular weight is 492 g/mol. The van der Waals surface area contributed by atoms with Gasteiger partial charge in [0.1, 0.15) is 0 Å². The molecular formula is C15H33IN4O4S. The van der Waals surface area contributed by atoms with E-state index in [-0.39, 0.29) is 35.8 Å². The fraction of sp³-hybridized carbons (Fsp3) is 0.933. The molecule has 3 N–H and O–H groups in total. The third-order valence-electron chi connectivity index (χ3n) is 3.51. The van der Waals surface area contributed by atoms with Gasteiger partial charge in [-0.05, 0) is 33.1 Å². The summed E-state index contributed by atoms with van der Waals surface area (Å²) in [5, 5.41) is 6.23. The molecule has 0 amide bonds. The van der Waals surface area contributed by atoms with Crippen molar-refractivity contribution in [1.29, 1.82) is 0 Å². The Labute approximate surface area is 169 Å². The third-order valence-corrected chi connectivity index (χ3v) is 4.91. The molecule has 25 heavy (non-hydrogen) atoms. The molecule has 1 rings (SSSR count). The number of aliphatic imine (C=N–C) groups is 1. The van der Waals surface area contributed by atoms with E-state index in [0.717, 1.165) is 32.4 Å². The smallest absolute Gasteiger partial charge is 0.211 e. The highest BCUT2D eigenvalue weighted by Crippen LogP contribution is 2.11. The zero-order valence-corrected chi connectivity index (χ0v) is 18.4. The first-order valence-electron chi connectivity index (χ1n) is 8.76. The van der Waals surface area contributed by atoms with E-state index in [1.807, 2.05) is 6.92 Å². The number of ether oxygens (including phenoxy) is 2. The Morgan fingerprint density at radius 3 is 2.72 bits per heavy atom. The van der Waals surface area contributed by atoms with Crippen molar-refractivity contribution in [1.82, 2.24) is 15.4 Å². The summed E-state index contributed by atoms with van der Waals surface area (Å²) in [7, 11) is -3.14. The summed E-state index contributed by atoms with van der Waals surface area (Å²) in [6, 6.07) is 0. The first-order valence-corrected chi connectivity index (χ1v) is 10.4. The number of sulfonamides is 1. The third kappa shape index (κ3) is 12.8. The van der Waals surface area contributed by atoms with Crippen molar-refractivity contribution >= 4 is 40.0 Å². The maximum Gasteiger partial charge on any atom is 0.211 e. The summed E-state index contributed by atoms with van der Waals surface area (Å²) >= 11 is 0. The van der Waals surface area contributed by atoms with Crippen molar-refractivity contribution in [2.75, 3.05) is 51.8 Å². The Morgan fingerprint density at radius 2 is 2.08 bits per heavy atom. The minimum atomic E-state index is -3.14. The molecule has 0 bridgehead atoms. The van der Waals surface area contributed by atoms with Crippen LogP contribution >= 0.6 is 24.0 Å². The summed E-state index contributed by atoms with van der Waals surface area (Å²) in [6.07, 6.45) is 3.32. The zero-order valence-electron chi connectivity index (χ0n) is 15.3. The SMILES string of the molecule is CCNC(=NCCCOCC1CCCO1)NCCNS(=O)(=O)CC.I. The molecule has 0 spiro atoms. The highest BCUT2D eigenvalue weighted by atomic mass is 127. The Morgan fingerprint density at radius 1 is 1.28 bits per heavy atom. The van der Waals surface area contributed by atoms with Gasteiger partial charge in [0.05, 0.1) is 18.5 Å². The van der Waals surface area contributed by atoms with Crippen LogP contribution in [0.2, 0.25) is 0 Å². The summed E-state index contributed by atoms with van der Waals surface area (Å²) in [4.78, 5) is 4.44. The maximum atomic E-state index is 11.3. The highest BCUT2D eigenvalue weighted by Gasteiger charge is 2.14. The first-order chi connectivity index (χ1) is 11.6. The molecule has 150 valence electrons. The lowest BCUT2D eigenvalue weighted by atomic mass is 10.2. The molecule has 0 saturated carbocycles. The molecule has 0 aromatic heterocycles. The van der Waals surface area contributed by atoms with E-state index in [1.54, 1.807) is 6.92 Å². The Hall–Kier alpha value is -0.170. The fourth-order valence-electron chi connectivity index (χ4n) is 2.18. The summed E-state index contributed by atoms with van der Waals surface area (Å²) in [5.74, 6) is 0.778.